The van der Waals surface area contributed by atoms with E-state index in [9.17, 15) is 4.79 Å². The molecule has 1 N–H and O–H groups in total. The molecule has 88 valence electrons. The van der Waals surface area contributed by atoms with Gasteiger partial charge < -0.3 is 9.84 Å². The van der Waals surface area contributed by atoms with Gasteiger partial charge in [-0.3, -0.25) is 4.68 Å². The molecule has 1 atom stereocenters. The van der Waals surface area contributed by atoms with Crippen LogP contribution in [0.15, 0.2) is 6.07 Å². The second-order valence-corrected chi connectivity index (χ2v) is 3.93. The average molecular weight is 224 g/mol. The molecule has 1 aromatic heterocycles. The predicted octanol–water partition coefficient (Wildman–Crippen LogP) is 1.84. The van der Waals surface area contributed by atoms with Gasteiger partial charge in [-0.05, 0) is 32.3 Å². The van der Waals surface area contributed by atoms with Crippen LogP contribution in [0.1, 0.15) is 48.5 Å². The highest BCUT2D eigenvalue weighted by atomic mass is 16.5. The summed E-state index contributed by atoms with van der Waals surface area (Å²) in [7, 11) is 0. The molecule has 0 aromatic carbocycles. The first kappa shape index (κ1) is 11.1. The van der Waals surface area contributed by atoms with Gasteiger partial charge >= 0.3 is 5.97 Å². The van der Waals surface area contributed by atoms with E-state index in [1.165, 1.54) is 0 Å². The minimum atomic E-state index is -0.982. The van der Waals surface area contributed by atoms with Crippen molar-refractivity contribution in [1.82, 2.24) is 9.78 Å². The number of aryl methyl sites for hydroxylation is 1. The maximum absolute atomic E-state index is 10.8. The Morgan fingerprint density at radius 1 is 1.69 bits per heavy atom. The molecule has 1 unspecified atom stereocenters. The number of carbonyl (C=O) groups is 1. The summed E-state index contributed by atoms with van der Waals surface area (Å²) in [4.78, 5) is 10.8. The Bertz CT molecular complexity index is 381. The van der Waals surface area contributed by atoms with Crippen LogP contribution in [0.5, 0.6) is 0 Å². The van der Waals surface area contributed by atoms with Gasteiger partial charge in [0.1, 0.15) is 0 Å². The Hall–Kier alpha value is -1.36. The Morgan fingerprint density at radius 3 is 3.06 bits per heavy atom. The largest absolute Gasteiger partial charge is 0.476 e. The summed E-state index contributed by atoms with van der Waals surface area (Å²) in [5.41, 5.74) is 0.991. The Kier molecular flexibility index (Phi) is 3.24. The van der Waals surface area contributed by atoms with Crippen molar-refractivity contribution in [1.29, 1.82) is 0 Å². The van der Waals surface area contributed by atoms with Gasteiger partial charge in [0.15, 0.2) is 5.69 Å². The number of ether oxygens (including phenoxy) is 1. The molecule has 0 saturated carbocycles. The summed E-state index contributed by atoms with van der Waals surface area (Å²) in [6.45, 7) is 3.37. The second kappa shape index (κ2) is 4.65. The molecular weight excluding hydrogens is 208 g/mol. The average Bonchev–Trinajstić information content (AvgIpc) is 2.74. The number of carboxylic acids is 1. The normalized spacial score (nSPS) is 20.9. The van der Waals surface area contributed by atoms with Crippen molar-refractivity contribution in [3.8, 4) is 0 Å². The minimum absolute atomic E-state index is 0.00861. The predicted molar refractivity (Wildman–Crippen MR) is 57.4 cm³/mol. The first-order valence-electron chi connectivity index (χ1n) is 5.65. The van der Waals surface area contributed by atoms with Crippen molar-refractivity contribution in [3.05, 3.63) is 17.5 Å². The van der Waals surface area contributed by atoms with Crippen LogP contribution < -0.4 is 0 Å². The lowest BCUT2D eigenvalue weighted by Crippen LogP contribution is -2.15. The van der Waals surface area contributed by atoms with Crippen LogP contribution in [0.25, 0.3) is 0 Å². The summed E-state index contributed by atoms with van der Waals surface area (Å²) in [6.07, 6.45) is 3.17. The first-order valence-corrected chi connectivity index (χ1v) is 5.65. The molecule has 2 rings (SSSR count). The van der Waals surface area contributed by atoms with Crippen LogP contribution >= 0.6 is 0 Å². The van der Waals surface area contributed by atoms with Gasteiger partial charge in [0.25, 0.3) is 0 Å². The molecule has 0 aliphatic carbocycles. The zero-order chi connectivity index (χ0) is 11.5. The fourth-order valence-electron chi connectivity index (χ4n) is 2.02. The molecule has 1 saturated heterocycles. The topological polar surface area (TPSA) is 64.4 Å². The number of hydrogen-bond donors (Lipinski definition) is 1. The zero-order valence-corrected chi connectivity index (χ0v) is 9.35. The monoisotopic (exact) mass is 224 g/mol. The van der Waals surface area contributed by atoms with E-state index in [-0.39, 0.29) is 11.8 Å². The molecule has 1 aromatic rings. The lowest BCUT2D eigenvalue weighted by Gasteiger charge is -2.22. The first-order chi connectivity index (χ1) is 7.72. The van der Waals surface area contributed by atoms with Crippen molar-refractivity contribution in [3.63, 3.8) is 0 Å². The third kappa shape index (κ3) is 2.09. The molecule has 16 heavy (non-hydrogen) atoms. The summed E-state index contributed by atoms with van der Waals surface area (Å²) >= 11 is 0. The van der Waals surface area contributed by atoms with E-state index >= 15 is 0 Å². The minimum Gasteiger partial charge on any atom is -0.476 e. The van der Waals surface area contributed by atoms with Crippen molar-refractivity contribution >= 4 is 5.97 Å². The summed E-state index contributed by atoms with van der Waals surface area (Å²) in [5, 5.41) is 12.9. The van der Waals surface area contributed by atoms with Crippen LogP contribution in [0.2, 0.25) is 0 Å². The molecule has 2 heterocycles. The number of rotatable bonds is 3. The van der Waals surface area contributed by atoms with Crippen molar-refractivity contribution < 1.29 is 14.6 Å². The lowest BCUT2D eigenvalue weighted by atomic mass is 10.1. The van der Waals surface area contributed by atoms with Crippen molar-refractivity contribution in [2.75, 3.05) is 6.61 Å². The Morgan fingerprint density at radius 2 is 2.50 bits per heavy atom. The second-order valence-electron chi connectivity index (χ2n) is 3.93. The van der Waals surface area contributed by atoms with E-state index in [1.807, 2.05) is 6.92 Å². The van der Waals surface area contributed by atoms with Crippen LogP contribution in [0, 0.1) is 0 Å². The van der Waals surface area contributed by atoms with E-state index in [4.69, 9.17) is 9.84 Å². The zero-order valence-electron chi connectivity index (χ0n) is 9.35. The molecule has 5 heteroatoms. The maximum atomic E-state index is 10.8. The fraction of sp³-hybridized carbons (Fsp3) is 0.636. The van der Waals surface area contributed by atoms with Gasteiger partial charge in [-0.15, -0.1) is 0 Å². The smallest absolute Gasteiger partial charge is 0.356 e. The van der Waals surface area contributed by atoms with E-state index in [2.05, 4.69) is 5.10 Å². The number of hydrogen-bond acceptors (Lipinski definition) is 3. The highest BCUT2D eigenvalue weighted by Crippen LogP contribution is 2.28. The van der Waals surface area contributed by atoms with Crippen LogP contribution in [-0.4, -0.2) is 27.5 Å². The molecular formula is C11H16N2O3. The third-order valence-corrected chi connectivity index (χ3v) is 2.84. The SMILES string of the molecule is CCn1nc(C(=O)O)cc1C1CCCCO1. The van der Waals surface area contributed by atoms with Crippen molar-refractivity contribution in [2.45, 2.75) is 38.8 Å². The van der Waals surface area contributed by atoms with Gasteiger partial charge in [-0.25, -0.2) is 4.79 Å². The number of aromatic carboxylic acids is 1. The third-order valence-electron chi connectivity index (χ3n) is 2.84. The summed E-state index contributed by atoms with van der Waals surface area (Å²) in [5.74, 6) is -0.982. The summed E-state index contributed by atoms with van der Waals surface area (Å²) in [6, 6.07) is 1.63. The standard InChI is InChI=1S/C11H16N2O3/c1-2-13-9(7-8(12-13)11(14)15)10-5-3-4-6-16-10/h7,10H,2-6H2,1H3,(H,14,15). The number of carboxylic acid groups (broad SMARTS) is 1. The van der Waals surface area contributed by atoms with E-state index in [0.29, 0.717) is 6.54 Å². The molecule has 5 nitrogen and oxygen atoms in total. The quantitative estimate of drug-likeness (QED) is 0.850. The van der Waals surface area contributed by atoms with Gasteiger partial charge in [-0.2, -0.15) is 5.10 Å². The molecule has 1 fully saturated rings. The van der Waals surface area contributed by atoms with Gasteiger partial charge in [0.05, 0.1) is 11.8 Å². The molecule has 0 radical (unpaired) electrons. The molecule has 0 bridgehead atoms. The fourth-order valence-corrected chi connectivity index (χ4v) is 2.02. The highest BCUT2D eigenvalue weighted by Gasteiger charge is 2.22. The van der Waals surface area contributed by atoms with E-state index in [1.54, 1.807) is 10.7 Å². The molecule has 0 spiro atoms. The van der Waals surface area contributed by atoms with Gasteiger partial charge in [-0.1, -0.05) is 0 Å². The molecule has 1 aliphatic heterocycles. The van der Waals surface area contributed by atoms with Crippen molar-refractivity contribution in [2.24, 2.45) is 0 Å². The van der Waals surface area contributed by atoms with E-state index in [0.717, 1.165) is 31.6 Å². The van der Waals surface area contributed by atoms with Crippen LogP contribution in [0.3, 0.4) is 0 Å². The number of nitrogens with zero attached hydrogens (tertiary/aromatic N) is 2. The van der Waals surface area contributed by atoms with Crippen LogP contribution in [0.4, 0.5) is 0 Å². The Labute approximate surface area is 94.0 Å². The number of aromatic nitrogens is 2. The van der Waals surface area contributed by atoms with Gasteiger partial charge in [0.2, 0.25) is 0 Å². The summed E-state index contributed by atoms with van der Waals surface area (Å²) < 4.78 is 7.37. The Balaban J connectivity index is 2.26. The lowest BCUT2D eigenvalue weighted by molar-refractivity contribution is 0.00957. The highest BCUT2D eigenvalue weighted by molar-refractivity contribution is 5.85. The maximum Gasteiger partial charge on any atom is 0.356 e. The van der Waals surface area contributed by atoms with Gasteiger partial charge in [0, 0.05) is 13.2 Å². The molecule has 1 aliphatic rings. The van der Waals surface area contributed by atoms with Crippen LogP contribution in [-0.2, 0) is 11.3 Å². The molecule has 0 amide bonds. The van der Waals surface area contributed by atoms with E-state index < -0.39 is 5.97 Å².